The van der Waals surface area contributed by atoms with Gasteiger partial charge in [-0.15, -0.1) is 10.2 Å². The second kappa shape index (κ2) is 8.39. The van der Waals surface area contributed by atoms with Gasteiger partial charge in [-0.3, -0.25) is 4.79 Å². The molecule has 0 bridgehead atoms. The number of aromatic nitrogens is 2. The van der Waals surface area contributed by atoms with E-state index in [1.807, 2.05) is 53.4 Å². The Morgan fingerprint density at radius 2 is 1.90 bits per heavy atom. The molecule has 30 heavy (non-hydrogen) atoms. The largest absolute Gasteiger partial charge is 0.486 e. The second-order valence-electron chi connectivity index (χ2n) is 7.18. The van der Waals surface area contributed by atoms with Crippen molar-refractivity contribution in [3.8, 4) is 23.0 Å². The summed E-state index contributed by atoms with van der Waals surface area (Å²) in [6, 6.07) is 15.6. The number of likely N-dealkylation sites (tertiary alicyclic amines) is 1. The van der Waals surface area contributed by atoms with Crippen molar-refractivity contribution in [1.29, 1.82) is 0 Å². The Balaban J connectivity index is 1.24. The van der Waals surface area contributed by atoms with Crippen molar-refractivity contribution in [3.05, 3.63) is 54.1 Å². The molecule has 2 aromatic carbocycles. The zero-order valence-corrected chi connectivity index (χ0v) is 17.1. The van der Waals surface area contributed by atoms with E-state index in [9.17, 15) is 4.79 Å². The zero-order valence-electron chi connectivity index (χ0n) is 16.3. The van der Waals surface area contributed by atoms with Crippen molar-refractivity contribution in [2.24, 2.45) is 0 Å². The number of hydrogen-bond acceptors (Lipinski definition) is 7. The highest BCUT2D eigenvalue weighted by Gasteiger charge is 2.31. The Labute approximate surface area is 178 Å². The summed E-state index contributed by atoms with van der Waals surface area (Å²) in [5, 5.41) is 8.54. The second-order valence-corrected chi connectivity index (χ2v) is 8.10. The summed E-state index contributed by atoms with van der Waals surface area (Å²) in [4.78, 5) is 14.9. The van der Waals surface area contributed by atoms with Crippen molar-refractivity contribution in [2.45, 2.75) is 24.1 Å². The fourth-order valence-corrected chi connectivity index (χ4v) is 4.50. The highest BCUT2D eigenvalue weighted by atomic mass is 32.2. The molecule has 0 saturated carbocycles. The van der Waals surface area contributed by atoms with Gasteiger partial charge in [0.05, 0.1) is 11.8 Å². The lowest BCUT2D eigenvalue weighted by molar-refractivity contribution is -0.129. The van der Waals surface area contributed by atoms with Crippen LogP contribution in [0.1, 0.15) is 24.4 Å². The average molecular weight is 423 g/mol. The first-order chi connectivity index (χ1) is 14.8. The zero-order chi connectivity index (χ0) is 20.3. The molecule has 0 spiro atoms. The molecular formula is C22H21N3O4S. The van der Waals surface area contributed by atoms with Crippen LogP contribution in [0.2, 0.25) is 0 Å². The van der Waals surface area contributed by atoms with Gasteiger partial charge >= 0.3 is 0 Å². The third kappa shape index (κ3) is 3.87. The summed E-state index contributed by atoms with van der Waals surface area (Å²) < 4.78 is 17.0. The number of thioether (sulfide) groups is 1. The summed E-state index contributed by atoms with van der Waals surface area (Å²) in [6.45, 7) is 1.87. The molecule has 3 aromatic rings. The van der Waals surface area contributed by atoms with Crippen LogP contribution >= 0.6 is 11.8 Å². The fourth-order valence-electron chi connectivity index (χ4n) is 3.85. The molecule has 2 aliphatic heterocycles. The van der Waals surface area contributed by atoms with E-state index in [-0.39, 0.29) is 17.7 Å². The standard InChI is InChI=1S/C22H21N3O4S/c26-20(14-30-22-24-23-21(29-22)15-5-2-1-3-6-15)25-10-4-7-17(25)16-8-9-18-19(13-16)28-12-11-27-18/h1-3,5-6,8-9,13,17H,4,7,10-12,14H2/t17-/m1/s1. The first-order valence-electron chi connectivity index (χ1n) is 9.99. The number of hydrogen-bond donors (Lipinski definition) is 0. The number of benzene rings is 2. The fraction of sp³-hybridized carbons (Fsp3) is 0.318. The maximum absolute atomic E-state index is 12.9. The molecule has 5 rings (SSSR count). The summed E-state index contributed by atoms with van der Waals surface area (Å²) >= 11 is 1.27. The van der Waals surface area contributed by atoms with Crippen LogP contribution in [-0.2, 0) is 4.79 Å². The predicted molar refractivity (Wildman–Crippen MR) is 112 cm³/mol. The molecule has 3 heterocycles. The molecule has 1 fully saturated rings. The Hall–Kier alpha value is -3.00. The van der Waals surface area contributed by atoms with Crippen LogP contribution in [0.25, 0.3) is 11.5 Å². The SMILES string of the molecule is O=C(CSc1nnc(-c2ccccc2)o1)N1CCC[C@@H]1c1ccc2c(c1)OCCO2. The molecule has 0 radical (unpaired) electrons. The predicted octanol–water partition coefficient (Wildman–Crippen LogP) is 3.96. The van der Waals surface area contributed by atoms with Crippen LogP contribution in [-0.4, -0.2) is 46.5 Å². The molecule has 0 unspecified atom stereocenters. The van der Waals surface area contributed by atoms with E-state index in [0.717, 1.165) is 42.0 Å². The highest BCUT2D eigenvalue weighted by molar-refractivity contribution is 7.99. The summed E-state index contributed by atoms with van der Waals surface area (Å²) in [6.07, 6.45) is 1.92. The van der Waals surface area contributed by atoms with Crippen molar-refractivity contribution in [1.82, 2.24) is 15.1 Å². The van der Waals surface area contributed by atoms with E-state index in [4.69, 9.17) is 13.9 Å². The third-order valence-corrected chi connectivity index (χ3v) is 6.07. The Bertz CT molecular complexity index is 1040. The highest BCUT2D eigenvalue weighted by Crippen LogP contribution is 2.38. The molecule has 7 nitrogen and oxygen atoms in total. The molecule has 1 atom stereocenters. The normalized spacial score (nSPS) is 17.9. The number of nitrogens with zero attached hydrogens (tertiary/aromatic N) is 3. The average Bonchev–Trinajstić information content (AvgIpc) is 3.48. The van der Waals surface area contributed by atoms with Crippen LogP contribution in [0.5, 0.6) is 11.5 Å². The van der Waals surface area contributed by atoms with Crippen LogP contribution in [0.15, 0.2) is 58.2 Å². The summed E-state index contributed by atoms with van der Waals surface area (Å²) in [5.41, 5.74) is 1.95. The van der Waals surface area contributed by atoms with Gasteiger partial charge in [0.1, 0.15) is 13.2 Å². The molecule has 8 heteroatoms. The van der Waals surface area contributed by atoms with E-state index >= 15 is 0 Å². The lowest BCUT2D eigenvalue weighted by atomic mass is 10.0. The van der Waals surface area contributed by atoms with Gasteiger partial charge < -0.3 is 18.8 Å². The molecular weight excluding hydrogens is 402 g/mol. The Morgan fingerprint density at radius 1 is 1.07 bits per heavy atom. The minimum Gasteiger partial charge on any atom is -0.486 e. The number of ether oxygens (including phenoxy) is 2. The maximum atomic E-state index is 12.9. The minimum atomic E-state index is 0.0523. The summed E-state index contributed by atoms with van der Waals surface area (Å²) in [5.74, 6) is 2.31. The van der Waals surface area contributed by atoms with Gasteiger partial charge in [-0.05, 0) is 42.7 Å². The van der Waals surface area contributed by atoms with Crippen LogP contribution in [0.3, 0.4) is 0 Å². The summed E-state index contributed by atoms with van der Waals surface area (Å²) in [7, 11) is 0. The first kappa shape index (κ1) is 19.0. The number of fused-ring (bicyclic) bond motifs is 1. The van der Waals surface area contributed by atoms with Crippen molar-refractivity contribution in [3.63, 3.8) is 0 Å². The van der Waals surface area contributed by atoms with E-state index in [1.165, 1.54) is 11.8 Å². The van der Waals surface area contributed by atoms with Crippen LogP contribution in [0.4, 0.5) is 0 Å². The molecule has 1 saturated heterocycles. The first-order valence-corrected chi connectivity index (χ1v) is 11.0. The van der Waals surface area contributed by atoms with Crippen molar-refractivity contribution >= 4 is 17.7 Å². The van der Waals surface area contributed by atoms with Gasteiger partial charge in [0, 0.05) is 12.1 Å². The van der Waals surface area contributed by atoms with Crippen molar-refractivity contribution in [2.75, 3.05) is 25.5 Å². The van der Waals surface area contributed by atoms with Gasteiger partial charge in [0.2, 0.25) is 11.8 Å². The third-order valence-electron chi connectivity index (χ3n) is 5.27. The quantitative estimate of drug-likeness (QED) is 0.575. The van der Waals surface area contributed by atoms with E-state index in [1.54, 1.807) is 0 Å². The van der Waals surface area contributed by atoms with E-state index < -0.39 is 0 Å². The number of carbonyl (C=O) groups is 1. The molecule has 0 aliphatic carbocycles. The van der Waals surface area contributed by atoms with Crippen LogP contribution < -0.4 is 9.47 Å². The monoisotopic (exact) mass is 423 g/mol. The van der Waals surface area contributed by atoms with Gasteiger partial charge in [0.25, 0.3) is 5.22 Å². The Kier molecular flexibility index (Phi) is 5.31. The van der Waals surface area contributed by atoms with Crippen LogP contribution in [0, 0.1) is 0 Å². The topological polar surface area (TPSA) is 77.7 Å². The molecule has 0 N–H and O–H groups in total. The maximum Gasteiger partial charge on any atom is 0.277 e. The lowest BCUT2D eigenvalue weighted by Crippen LogP contribution is -2.32. The van der Waals surface area contributed by atoms with E-state index in [2.05, 4.69) is 10.2 Å². The van der Waals surface area contributed by atoms with Crippen molar-refractivity contribution < 1.29 is 18.7 Å². The van der Waals surface area contributed by atoms with Gasteiger partial charge in [0.15, 0.2) is 11.5 Å². The minimum absolute atomic E-state index is 0.0523. The van der Waals surface area contributed by atoms with Gasteiger partial charge in [-0.25, -0.2) is 0 Å². The molecule has 154 valence electrons. The number of carbonyl (C=O) groups excluding carboxylic acids is 1. The van der Waals surface area contributed by atoms with Gasteiger partial charge in [-0.2, -0.15) is 0 Å². The van der Waals surface area contributed by atoms with Gasteiger partial charge in [-0.1, -0.05) is 36.0 Å². The smallest absolute Gasteiger partial charge is 0.277 e. The molecule has 1 aromatic heterocycles. The Morgan fingerprint density at radius 3 is 2.77 bits per heavy atom. The number of rotatable bonds is 5. The molecule has 2 aliphatic rings. The number of amides is 1. The van der Waals surface area contributed by atoms with E-state index in [0.29, 0.717) is 24.3 Å². The molecule has 1 amide bonds. The lowest BCUT2D eigenvalue weighted by Gasteiger charge is -2.26.